The van der Waals surface area contributed by atoms with Crippen LogP contribution in [-0.2, 0) is 14.4 Å². The predicted octanol–water partition coefficient (Wildman–Crippen LogP) is -8.64. The van der Waals surface area contributed by atoms with Gasteiger partial charge < -0.3 is 46.4 Å². The molecular formula is C6H9BiKNO8. The predicted molar refractivity (Wildman–Crippen MR) is 41.9 cm³/mol. The first-order valence-electron chi connectivity index (χ1n) is 3.11. The van der Waals surface area contributed by atoms with Crippen LogP contribution < -0.4 is 72.9 Å². The van der Waals surface area contributed by atoms with Gasteiger partial charge in [0.05, 0.1) is 5.97 Å². The maximum Gasteiger partial charge on any atom is 3.00 e. The van der Waals surface area contributed by atoms with E-state index in [0.29, 0.717) is 0 Å². The van der Waals surface area contributed by atoms with Gasteiger partial charge in [0, 0.05) is 24.8 Å². The fraction of sp³-hybridized carbons (Fsp3) is 0.500. The first-order valence-corrected chi connectivity index (χ1v) is 3.11. The van der Waals surface area contributed by atoms with Gasteiger partial charge in [-0.3, -0.25) is 0 Å². The number of carboxylic acids is 3. The van der Waals surface area contributed by atoms with Crippen molar-refractivity contribution < 1.29 is 91.7 Å². The third-order valence-electron chi connectivity index (χ3n) is 1.25. The molecule has 0 aromatic heterocycles. The molecule has 0 spiro atoms. The first-order chi connectivity index (χ1) is 5.78. The van der Waals surface area contributed by atoms with Crippen molar-refractivity contribution in [2.45, 2.75) is 18.4 Å². The van der Waals surface area contributed by atoms with Gasteiger partial charge in [-0.1, -0.05) is 0 Å². The van der Waals surface area contributed by atoms with Crippen molar-refractivity contribution in [2.75, 3.05) is 0 Å². The first kappa shape index (κ1) is 30.7. The van der Waals surface area contributed by atoms with Crippen LogP contribution in [0.3, 0.4) is 0 Å². The molecular weight excluding hydrogens is 462 g/mol. The average molecular weight is 471 g/mol. The van der Waals surface area contributed by atoms with Crippen LogP contribution in [0.5, 0.6) is 0 Å². The molecule has 9 nitrogen and oxygen atoms in total. The second-order valence-corrected chi connectivity index (χ2v) is 2.42. The molecule has 0 aliphatic carbocycles. The molecule has 0 rings (SSSR count). The Balaban J connectivity index is -0.000000120. The van der Waals surface area contributed by atoms with E-state index in [-0.39, 0.29) is 89.2 Å². The Morgan fingerprint density at radius 1 is 1.00 bits per heavy atom. The maximum absolute atomic E-state index is 10.1. The van der Waals surface area contributed by atoms with Crippen LogP contribution in [0.25, 0.3) is 0 Å². The van der Waals surface area contributed by atoms with Gasteiger partial charge in [0.1, 0.15) is 5.60 Å². The molecule has 5 N–H and O–H groups in total. The summed E-state index contributed by atoms with van der Waals surface area (Å²) in [5.74, 6) is -5.98. The van der Waals surface area contributed by atoms with Crippen LogP contribution in [0.2, 0.25) is 0 Å². The van der Waals surface area contributed by atoms with E-state index in [4.69, 9.17) is 5.11 Å². The summed E-state index contributed by atoms with van der Waals surface area (Å²) in [4.78, 5) is 30.0. The minimum Gasteiger partial charge on any atom is -0.870 e. The Hall–Kier alpha value is 0.809. The molecule has 0 aromatic carbocycles. The second-order valence-electron chi connectivity index (χ2n) is 2.42. The van der Waals surface area contributed by atoms with Crippen LogP contribution >= 0.6 is 0 Å². The summed E-state index contributed by atoms with van der Waals surface area (Å²) in [5.41, 5.74) is -2.97. The number of carboxylic acid groups (broad SMARTS) is 3. The number of carbonyl (C=O) groups is 3. The van der Waals surface area contributed by atoms with Crippen molar-refractivity contribution in [2.24, 2.45) is 0 Å². The quantitative estimate of drug-likeness (QED) is 0.365. The second kappa shape index (κ2) is 13.2. The number of carbonyl (C=O) groups excluding carboxylic acids is 3. The van der Waals surface area contributed by atoms with E-state index in [1.165, 1.54) is 0 Å². The summed E-state index contributed by atoms with van der Waals surface area (Å²) in [7, 11) is 0. The zero-order chi connectivity index (χ0) is 10.6. The van der Waals surface area contributed by atoms with Gasteiger partial charge in [0.25, 0.3) is 0 Å². The van der Waals surface area contributed by atoms with Gasteiger partial charge in [0.2, 0.25) is 0 Å². The third kappa shape index (κ3) is 13.0. The summed E-state index contributed by atoms with van der Waals surface area (Å²) in [6, 6.07) is 0. The van der Waals surface area contributed by atoms with Crippen molar-refractivity contribution in [1.29, 1.82) is 0 Å². The number of rotatable bonds is 5. The monoisotopic (exact) mass is 471 g/mol. The van der Waals surface area contributed by atoms with E-state index in [1.54, 1.807) is 0 Å². The standard InChI is InChI=1S/C6H8O7.Bi.K.H3N.H2O/c7-3(8)1-6(13,5(11)12)2-4(9)10;;;;/h13H,1-2H2,(H,7,8)(H,9,10)(H,11,12);;;1H3;1H2/q;+3;+1;;/p-4. The van der Waals surface area contributed by atoms with Crippen LogP contribution in [0.15, 0.2) is 0 Å². The van der Waals surface area contributed by atoms with Crippen molar-refractivity contribution in [3.8, 4) is 0 Å². The molecule has 92 valence electrons. The molecule has 2 radical (unpaired) electrons. The minimum absolute atomic E-state index is 0. The Kier molecular flexibility index (Phi) is 23.9. The Labute approximate surface area is 158 Å². The molecule has 0 aromatic rings. The topological polar surface area (TPSA) is 206 Å². The average Bonchev–Trinajstić information content (AvgIpc) is 1.82. The molecule has 0 unspecified atom stereocenters. The van der Waals surface area contributed by atoms with E-state index in [1.807, 2.05) is 0 Å². The van der Waals surface area contributed by atoms with E-state index in [2.05, 4.69) is 0 Å². The largest absolute Gasteiger partial charge is 3.00 e. The fourth-order valence-electron chi connectivity index (χ4n) is 0.684. The summed E-state index contributed by atoms with van der Waals surface area (Å²) < 4.78 is 0. The number of hydrogen-bond donors (Lipinski definition) is 2. The molecule has 0 atom stereocenters. The molecule has 0 bridgehead atoms. The Bertz CT molecular complexity index is 244. The van der Waals surface area contributed by atoms with Gasteiger partial charge in [0.15, 0.2) is 0 Å². The summed E-state index contributed by atoms with van der Waals surface area (Å²) >= 11 is 0. The van der Waals surface area contributed by atoms with E-state index >= 15 is 0 Å². The summed E-state index contributed by atoms with van der Waals surface area (Å²) in [6.07, 6.45) is -2.72. The van der Waals surface area contributed by atoms with Crippen LogP contribution in [0.4, 0.5) is 0 Å². The number of hydrogen-bond acceptors (Lipinski definition) is 9. The number of aliphatic hydroxyl groups is 1. The molecule has 0 saturated heterocycles. The Morgan fingerprint density at radius 3 is 1.35 bits per heavy atom. The minimum atomic E-state index is -2.97. The molecule has 11 heteroatoms. The van der Waals surface area contributed by atoms with Gasteiger partial charge in [-0.25, -0.2) is 0 Å². The van der Waals surface area contributed by atoms with Crippen LogP contribution in [-0.4, -0.2) is 60.3 Å². The van der Waals surface area contributed by atoms with Crippen molar-refractivity contribution in [3.05, 3.63) is 0 Å². The molecule has 0 heterocycles. The molecule has 17 heavy (non-hydrogen) atoms. The van der Waals surface area contributed by atoms with Crippen molar-refractivity contribution >= 4 is 44.1 Å². The smallest absolute Gasteiger partial charge is 0.870 e. The van der Waals surface area contributed by atoms with Crippen molar-refractivity contribution in [3.63, 3.8) is 0 Å². The SMILES string of the molecule is N.O=C([O-])CC(O)(CC(=O)[O-])C(=O)[O-].[Bi+3].[K+].[OH-]. The van der Waals surface area contributed by atoms with Crippen LogP contribution in [0, 0.1) is 0 Å². The van der Waals surface area contributed by atoms with Gasteiger partial charge in [-0.15, -0.1) is 0 Å². The molecule has 0 amide bonds. The Morgan fingerprint density at radius 2 is 1.24 bits per heavy atom. The molecule has 0 aliphatic heterocycles. The van der Waals surface area contributed by atoms with Crippen LogP contribution in [0.1, 0.15) is 12.8 Å². The van der Waals surface area contributed by atoms with E-state index < -0.39 is 36.4 Å². The van der Waals surface area contributed by atoms with E-state index in [9.17, 15) is 29.7 Å². The van der Waals surface area contributed by atoms with Gasteiger partial charge >= 0.3 is 77.6 Å². The zero-order valence-corrected chi connectivity index (χ0v) is 15.5. The summed E-state index contributed by atoms with van der Waals surface area (Å²) in [5, 5.41) is 38.9. The maximum atomic E-state index is 10.1. The third-order valence-corrected chi connectivity index (χ3v) is 1.25. The van der Waals surface area contributed by atoms with Gasteiger partial charge in [-0.2, -0.15) is 0 Å². The number of aliphatic carboxylic acids is 3. The molecule has 0 saturated carbocycles. The normalized spacial score (nSPS) is 8.29. The zero-order valence-electron chi connectivity index (χ0n) is 8.91. The van der Waals surface area contributed by atoms with E-state index in [0.717, 1.165) is 0 Å². The fourth-order valence-corrected chi connectivity index (χ4v) is 0.684. The van der Waals surface area contributed by atoms with Crippen molar-refractivity contribution in [1.82, 2.24) is 6.15 Å². The molecule has 0 fully saturated rings. The summed E-state index contributed by atoms with van der Waals surface area (Å²) in [6.45, 7) is 0. The van der Waals surface area contributed by atoms with Gasteiger partial charge in [-0.05, 0) is 0 Å². The molecule has 0 aliphatic rings.